The number of hydrazine groups is 1. The van der Waals surface area contributed by atoms with Crippen LogP contribution in [0.25, 0.3) is 0 Å². The van der Waals surface area contributed by atoms with Crippen LogP contribution in [0.2, 0.25) is 0 Å². The Hall–Kier alpha value is -0.750. The molecule has 2 aromatic carbocycles. The molecule has 0 aliphatic rings. The second-order valence-corrected chi connectivity index (χ2v) is 6.47. The van der Waals surface area contributed by atoms with Crippen LogP contribution in [0.1, 0.15) is 11.1 Å². The third kappa shape index (κ3) is 4.38. The lowest BCUT2D eigenvalue weighted by molar-refractivity contribution is 0.506. The highest BCUT2D eigenvalue weighted by Crippen LogP contribution is 2.19. The van der Waals surface area contributed by atoms with Crippen LogP contribution in [0.15, 0.2) is 51.4 Å². The van der Waals surface area contributed by atoms with E-state index in [-0.39, 0.29) is 11.9 Å². The SMILES string of the molecule is NNC(Cc1cccc(Br)c1)Cc1cc(Br)ccc1F. The first kappa shape index (κ1) is 15.6. The first-order chi connectivity index (χ1) is 9.58. The van der Waals surface area contributed by atoms with Gasteiger partial charge in [-0.2, -0.15) is 0 Å². The lowest BCUT2D eigenvalue weighted by atomic mass is 9.99. The summed E-state index contributed by atoms with van der Waals surface area (Å²) in [5, 5.41) is 0. The fourth-order valence-electron chi connectivity index (χ4n) is 2.10. The molecule has 106 valence electrons. The van der Waals surface area contributed by atoms with Crippen LogP contribution in [0, 0.1) is 5.82 Å². The lowest BCUT2D eigenvalue weighted by Gasteiger charge is -2.17. The number of nitrogens with one attached hydrogen (secondary N) is 1. The Morgan fingerprint density at radius 1 is 1.05 bits per heavy atom. The zero-order valence-electron chi connectivity index (χ0n) is 10.7. The van der Waals surface area contributed by atoms with Crippen molar-refractivity contribution in [1.29, 1.82) is 0 Å². The topological polar surface area (TPSA) is 38.0 Å². The van der Waals surface area contributed by atoms with Gasteiger partial charge in [0, 0.05) is 15.0 Å². The Bertz CT molecular complexity index is 590. The largest absolute Gasteiger partial charge is 0.271 e. The lowest BCUT2D eigenvalue weighted by Crippen LogP contribution is -2.38. The zero-order valence-corrected chi connectivity index (χ0v) is 13.9. The van der Waals surface area contributed by atoms with E-state index < -0.39 is 0 Å². The molecular formula is C15H15Br2FN2. The summed E-state index contributed by atoms with van der Waals surface area (Å²) in [7, 11) is 0. The van der Waals surface area contributed by atoms with Gasteiger partial charge in [0.2, 0.25) is 0 Å². The summed E-state index contributed by atoms with van der Waals surface area (Å²) < 4.78 is 15.7. The van der Waals surface area contributed by atoms with Crippen LogP contribution in [0.4, 0.5) is 4.39 Å². The summed E-state index contributed by atoms with van der Waals surface area (Å²) in [6.45, 7) is 0. The second-order valence-electron chi connectivity index (χ2n) is 4.64. The molecule has 0 aliphatic carbocycles. The van der Waals surface area contributed by atoms with E-state index in [0.717, 1.165) is 20.9 Å². The van der Waals surface area contributed by atoms with Gasteiger partial charge in [0.25, 0.3) is 0 Å². The number of benzene rings is 2. The average Bonchev–Trinajstić information content (AvgIpc) is 2.42. The van der Waals surface area contributed by atoms with Gasteiger partial charge in [-0.15, -0.1) is 0 Å². The van der Waals surface area contributed by atoms with Crippen LogP contribution in [-0.2, 0) is 12.8 Å². The van der Waals surface area contributed by atoms with E-state index in [9.17, 15) is 4.39 Å². The molecule has 0 heterocycles. The molecule has 0 bridgehead atoms. The van der Waals surface area contributed by atoms with Gasteiger partial charge in [-0.1, -0.05) is 44.0 Å². The molecule has 0 saturated carbocycles. The molecule has 20 heavy (non-hydrogen) atoms. The summed E-state index contributed by atoms with van der Waals surface area (Å²) in [6.07, 6.45) is 1.27. The maximum absolute atomic E-state index is 13.8. The Morgan fingerprint density at radius 3 is 2.50 bits per heavy atom. The number of hydrogen-bond donors (Lipinski definition) is 2. The van der Waals surface area contributed by atoms with Crippen molar-refractivity contribution in [2.24, 2.45) is 5.84 Å². The van der Waals surface area contributed by atoms with Crippen LogP contribution >= 0.6 is 31.9 Å². The third-order valence-electron chi connectivity index (χ3n) is 3.08. The quantitative estimate of drug-likeness (QED) is 0.587. The molecule has 0 spiro atoms. The molecule has 0 aromatic heterocycles. The molecule has 2 rings (SSSR count). The zero-order chi connectivity index (χ0) is 14.5. The summed E-state index contributed by atoms with van der Waals surface area (Å²) >= 11 is 6.80. The van der Waals surface area contributed by atoms with E-state index in [1.807, 2.05) is 24.3 Å². The Balaban J connectivity index is 2.11. The van der Waals surface area contributed by atoms with Crippen LogP contribution in [0.5, 0.6) is 0 Å². The molecule has 0 amide bonds. The second kappa shape index (κ2) is 7.31. The molecule has 5 heteroatoms. The summed E-state index contributed by atoms with van der Waals surface area (Å²) in [5.41, 5.74) is 4.57. The Kier molecular flexibility index (Phi) is 5.72. The number of halogens is 3. The molecule has 1 unspecified atom stereocenters. The van der Waals surface area contributed by atoms with Gasteiger partial charge in [-0.25, -0.2) is 4.39 Å². The van der Waals surface area contributed by atoms with Gasteiger partial charge in [0.15, 0.2) is 0 Å². The van der Waals surface area contributed by atoms with Crippen molar-refractivity contribution in [2.45, 2.75) is 18.9 Å². The van der Waals surface area contributed by atoms with Crippen molar-refractivity contribution in [3.05, 3.63) is 68.4 Å². The minimum absolute atomic E-state index is 0.0203. The maximum atomic E-state index is 13.8. The van der Waals surface area contributed by atoms with Crippen molar-refractivity contribution in [3.63, 3.8) is 0 Å². The average molecular weight is 402 g/mol. The monoisotopic (exact) mass is 400 g/mol. The van der Waals surface area contributed by atoms with Crippen molar-refractivity contribution >= 4 is 31.9 Å². The fourth-order valence-corrected chi connectivity index (χ4v) is 2.96. The highest BCUT2D eigenvalue weighted by atomic mass is 79.9. The van der Waals surface area contributed by atoms with Gasteiger partial charge >= 0.3 is 0 Å². The molecule has 1 atom stereocenters. The molecule has 2 aromatic rings. The van der Waals surface area contributed by atoms with E-state index in [2.05, 4.69) is 37.3 Å². The van der Waals surface area contributed by atoms with Gasteiger partial charge < -0.3 is 0 Å². The van der Waals surface area contributed by atoms with Gasteiger partial charge in [-0.3, -0.25) is 11.3 Å². The predicted molar refractivity (Wildman–Crippen MR) is 86.8 cm³/mol. The predicted octanol–water partition coefficient (Wildman–Crippen LogP) is 3.97. The van der Waals surface area contributed by atoms with E-state index in [4.69, 9.17) is 5.84 Å². The standard InChI is InChI=1S/C15H15Br2FN2/c16-12-3-1-2-10(6-12)7-14(20-19)9-11-8-13(17)4-5-15(11)18/h1-6,8,14,20H,7,9,19H2. The molecular weight excluding hydrogens is 387 g/mol. The van der Waals surface area contributed by atoms with Crippen molar-refractivity contribution < 1.29 is 4.39 Å². The Morgan fingerprint density at radius 2 is 1.80 bits per heavy atom. The summed E-state index contributed by atoms with van der Waals surface area (Å²) in [5.74, 6) is 5.39. The summed E-state index contributed by atoms with van der Waals surface area (Å²) in [6, 6.07) is 13.0. The number of nitrogens with two attached hydrogens (primary N) is 1. The maximum Gasteiger partial charge on any atom is 0.126 e. The van der Waals surface area contributed by atoms with Crippen molar-refractivity contribution in [3.8, 4) is 0 Å². The van der Waals surface area contributed by atoms with Crippen molar-refractivity contribution in [2.75, 3.05) is 0 Å². The third-order valence-corrected chi connectivity index (χ3v) is 4.07. The number of hydrogen-bond acceptors (Lipinski definition) is 2. The fraction of sp³-hybridized carbons (Fsp3) is 0.200. The molecule has 2 nitrogen and oxygen atoms in total. The molecule has 0 radical (unpaired) electrons. The Labute approximate surface area is 134 Å². The van der Waals surface area contributed by atoms with E-state index in [0.29, 0.717) is 12.0 Å². The minimum atomic E-state index is -0.206. The van der Waals surface area contributed by atoms with Gasteiger partial charge in [-0.05, 0) is 54.3 Å². The molecule has 0 aliphatic heterocycles. The smallest absolute Gasteiger partial charge is 0.126 e. The normalized spacial score (nSPS) is 12.4. The number of rotatable bonds is 5. The highest BCUT2D eigenvalue weighted by Gasteiger charge is 2.12. The molecule has 0 fully saturated rings. The van der Waals surface area contributed by atoms with E-state index >= 15 is 0 Å². The minimum Gasteiger partial charge on any atom is -0.271 e. The van der Waals surface area contributed by atoms with Gasteiger partial charge in [0.1, 0.15) is 5.82 Å². The van der Waals surface area contributed by atoms with Crippen molar-refractivity contribution in [1.82, 2.24) is 5.43 Å². The highest BCUT2D eigenvalue weighted by molar-refractivity contribution is 9.10. The van der Waals surface area contributed by atoms with Crippen LogP contribution in [-0.4, -0.2) is 6.04 Å². The van der Waals surface area contributed by atoms with E-state index in [1.165, 1.54) is 6.07 Å². The first-order valence-corrected chi connectivity index (χ1v) is 7.81. The van der Waals surface area contributed by atoms with E-state index in [1.54, 1.807) is 12.1 Å². The summed E-state index contributed by atoms with van der Waals surface area (Å²) in [4.78, 5) is 0. The molecule has 3 N–H and O–H groups in total. The van der Waals surface area contributed by atoms with Crippen LogP contribution in [0.3, 0.4) is 0 Å². The van der Waals surface area contributed by atoms with Crippen LogP contribution < -0.4 is 11.3 Å². The first-order valence-electron chi connectivity index (χ1n) is 6.23. The van der Waals surface area contributed by atoms with Gasteiger partial charge in [0.05, 0.1) is 0 Å². The molecule has 0 saturated heterocycles.